The third kappa shape index (κ3) is 2.55. The fourth-order valence-electron chi connectivity index (χ4n) is 2.72. The summed E-state index contributed by atoms with van der Waals surface area (Å²) < 4.78 is 7.04. The van der Waals surface area contributed by atoms with E-state index in [-0.39, 0.29) is 18.6 Å². The van der Waals surface area contributed by atoms with Crippen molar-refractivity contribution < 1.29 is 14.6 Å². The van der Waals surface area contributed by atoms with Gasteiger partial charge in [-0.25, -0.2) is 4.98 Å². The van der Waals surface area contributed by atoms with Crippen LogP contribution in [0.2, 0.25) is 0 Å². The number of nitrogens with zero attached hydrogens (tertiary/aromatic N) is 4. The molecule has 7 nitrogen and oxygen atoms in total. The highest BCUT2D eigenvalue weighted by molar-refractivity contribution is 5.96. The fraction of sp³-hybridized carbons (Fsp3) is 0.400. The van der Waals surface area contributed by atoms with E-state index < -0.39 is 0 Å². The number of aryl methyl sites for hydroxylation is 1. The van der Waals surface area contributed by atoms with Crippen molar-refractivity contribution in [2.24, 2.45) is 0 Å². The second-order valence-corrected chi connectivity index (χ2v) is 5.16. The molecule has 1 aliphatic heterocycles. The molecule has 2 aromatic heterocycles. The molecule has 1 unspecified atom stereocenters. The number of amides is 1. The predicted molar refractivity (Wildman–Crippen MR) is 78.4 cm³/mol. The van der Waals surface area contributed by atoms with E-state index in [1.807, 2.05) is 10.7 Å². The molecular formula is C15H18N4O3. The first kappa shape index (κ1) is 14.5. The van der Waals surface area contributed by atoms with Crippen LogP contribution in [0.15, 0.2) is 30.6 Å². The van der Waals surface area contributed by atoms with Gasteiger partial charge in [-0.1, -0.05) is 0 Å². The van der Waals surface area contributed by atoms with Crippen molar-refractivity contribution in [2.75, 3.05) is 13.7 Å². The Morgan fingerprint density at radius 2 is 2.32 bits per heavy atom. The van der Waals surface area contributed by atoms with Gasteiger partial charge in [-0.05, 0) is 24.6 Å². The summed E-state index contributed by atoms with van der Waals surface area (Å²) in [5.41, 5.74) is 1.35. The Morgan fingerprint density at radius 3 is 3.09 bits per heavy atom. The van der Waals surface area contributed by atoms with Gasteiger partial charge in [0.25, 0.3) is 5.91 Å². The smallest absolute Gasteiger partial charge is 0.260 e. The lowest BCUT2D eigenvalue weighted by molar-refractivity contribution is 0.0564. The quantitative estimate of drug-likeness (QED) is 0.902. The number of carbonyl (C=O) groups excluding carboxylic acids is 1. The van der Waals surface area contributed by atoms with E-state index in [1.165, 1.54) is 7.11 Å². The van der Waals surface area contributed by atoms with Crippen LogP contribution in [-0.4, -0.2) is 50.4 Å². The zero-order valence-electron chi connectivity index (χ0n) is 12.3. The van der Waals surface area contributed by atoms with Crippen LogP contribution < -0.4 is 4.74 Å². The molecule has 2 aromatic rings. The molecule has 3 heterocycles. The summed E-state index contributed by atoms with van der Waals surface area (Å²) in [7, 11) is 1.49. The van der Waals surface area contributed by atoms with Crippen molar-refractivity contribution >= 4 is 5.91 Å². The lowest BCUT2D eigenvalue weighted by atomic mass is 10.1. The van der Waals surface area contributed by atoms with Crippen LogP contribution in [0.5, 0.6) is 5.88 Å². The molecule has 0 fully saturated rings. The van der Waals surface area contributed by atoms with Crippen LogP contribution in [0.1, 0.15) is 22.5 Å². The number of aliphatic hydroxyl groups is 1. The number of fused-ring (bicyclic) bond motifs is 1. The van der Waals surface area contributed by atoms with Crippen molar-refractivity contribution in [3.05, 3.63) is 41.9 Å². The maximum Gasteiger partial charge on any atom is 0.260 e. The Bertz CT molecular complexity index is 670. The molecular weight excluding hydrogens is 284 g/mol. The van der Waals surface area contributed by atoms with Gasteiger partial charge >= 0.3 is 0 Å². The highest BCUT2D eigenvalue weighted by Crippen LogP contribution is 2.23. The van der Waals surface area contributed by atoms with Gasteiger partial charge in [0.05, 0.1) is 32.0 Å². The van der Waals surface area contributed by atoms with Crippen LogP contribution in [0.4, 0.5) is 0 Å². The van der Waals surface area contributed by atoms with Crippen molar-refractivity contribution in [2.45, 2.75) is 25.6 Å². The molecule has 3 rings (SSSR count). The largest absolute Gasteiger partial charge is 0.480 e. The van der Waals surface area contributed by atoms with Gasteiger partial charge in [-0.15, -0.1) is 0 Å². The van der Waals surface area contributed by atoms with Crippen LogP contribution in [0.25, 0.3) is 0 Å². The first-order valence-corrected chi connectivity index (χ1v) is 7.16. The van der Waals surface area contributed by atoms with Crippen LogP contribution >= 0.6 is 0 Å². The zero-order valence-corrected chi connectivity index (χ0v) is 12.3. The molecule has 0 saturated heterocycles. The first-order chi connectivity index (χ1) is 10.7. The average Bonchev–Trinajstić information content (AvgIpc) is 2.93. The number of carbonyl (C=O) groups is 1. The average molecular weight is 302 g/mol. The van der Waals surface area contributed by atoms with Gasteiger partial charge < -0.3 is 14.7 Å². The van der Waals surface area contributed by atoms with Gasteiger partial charge in [0, 0.05) is 18.9 Å². The SMILES string of the molecule is COc1ncccc1C(=O)N1Cc2ccnn2CCC1CO. The maximum atomic E-state index is 12.9. The number of hydrogen-bond acceptors (Lipinski definition) is 5. The number of pyridine rings is 1. The van der Waals surface area contributed by atoms with Gasteiger partial charge in [0.2, 0.25) is 5.88 Å². The Labute approximate surface area is 128 Å². The molecule has 0 aromatic carbocycles. The molecule has 1 atom stereocenters. The summed E-state index contributed by atoms with van der Waals surface area (Å²) >= 11 is 0. The summed E-state index contributed by atoms with van der Waals surface area (Å²) in [6.07, 6.45) is 3.96. The number of hydrogen-bond donors (Lipinski definition) is 1. The summed E-state index contributed by atoms with van der Waals surface area (Å²) in [6, 6.07) is 5.02. The molecule has 0 radical (unpaired) electrons. The minimum Gasteiger partial charge on any atom is -0.480 e. The standard InChI is InChI=1S/C15H18N4O3/c1-22-14-13(3-2-6-16-14)15(21)18-9-11-4-7-17-19(11)8-5-12(18)10-20/h2-4,6-7,12,20H,5,8-10H2,1H3. The Balaban J connectivity index is 1.95. The lowest BCUT2D eigenvalue weighted by Gasteiger charge is -2.28. The Morgan fingerprint density at radius 1 is 1.45 bits per heavy atom. The number of rotatable bonds is 3. The number of aliphatic hydroxyl groups excluding tert-OH is 1. The minimum atomic E-state index is -0.251. The highest BCUT2D eigenvalue weighted by Gasteiger charge is 2.30. The molecule has 0 saturated carbocycles. The molecule has 116 valence electrons. The monoisotopic (exact) mass is 302 g/mol. The molecule has 7 heteroatoms. The van der Waals surface area contributed by atoms with Crippen molar-refractivity contribution in [1.29, 1.82) is 0 Å². The number of methoxy groups -OCH3 is 1. The number of aromatic nitrogens is 3. The van der Waals surface area contributed by atoms with E-state index in [0.717, 1.165) is 5.69 Å². The highest BCUT2D eigenvalue weighted by atomic mass is 16.5. The zero-order chi connectivity index (χ0) is 15.5. The van der Waals surface area contributed by atoms with Gasteiger partial charge in [-0.2, -0.15) is 5.10 Å². The van der Waals surface area contributed by atoms with Crippen LogP contribution in [0, 0.1) is 0 Å². The van der Waals surface area contributed by atoms with Gasteiger partial charge in [0.15, 0.2) is 0 Å². The summed E-state index contributed by atoms with van der Waals surface area (Å²) in [4.78, 5) is 18.6. The number of ether oxygens (including phenoxy) is 1. The van der Waals surface area contributed by atoms with Gasteiger partial charge in [-0.3, -0.25) is 9.48 Å². The predicted octanol–water partition coefficient (Wildman–Crippen LogP) is 0.694. The molecule has 0 aliphatic carbocycles. The molecule has 22 heavy (non-hydrogen) atoms. The topological polar surface area (TPSA) is 80.5 Å². The second-order valence-electron chi connectivity index (χ2n) is 5.16. The third-order valence-electron chi connectivity index (χ3n) is 3.92. The van der Waals surface area contributed by atoms with E-state index in [2.05, 4.69) is 10.1 Å². The Hall–Kier alpha value is -2.41. The maximum absolute atomic E-state index is 12.9. The van der Waals surface area contributed by atoms with E-state index in [9.17, 15) is 9.90 Å². The minimum absolute atomic E-state index is 0.0842. The van der Waals surface area contributed by atoms with E-state index >= 15 is 0 Å². The molecule has 0 bridgehead atoms. The molecule has 1 aliphatic rings. The summed E-state index contributed by atoms with van der Waals surface area (Å²) in [6.45, 7) is 1.00. The van der Waals surface area contributed by atoms with E-state index in [1.54, 1.807) is 29.4 Å². The lowest BCUT2D eigenvalue weighted by Crippen LogP contribution is -2.41. The normalized spacial score (nSPS) is 17.7. The van der Waals surface area contributed by atoms with Crippen LogP contribution in [0.3, 0.4) is 0 Å². The second kappa shape index (κ2) is 6.15. The van der Waals surface area contributed by atoms with Crippen molar-refractivity contribution in [3.63, 3.8) is 0 Å². The molecule has 1 amide bonds. The third-order valence-corrected chi connectivity index (χ3v) is 3.92. The fourth-order valence-corrected chi connectivity index (χ4v) is 2.72. The van der Waals surface area contributed by atoms with E-state index in [4.69, 9.17) is 4.74 Å². The van der Waals surface area contributed by atoms with Crippen molar-refractivity contribution in [3.8, 4) is 5.88 Å². The van der Waals surface area contributed by atoms with Crippen LogP contribution in [-0.2, 0) is 13.1 Å². The molecule has 0 spiro atoms. The van der Waals surface area contributed by atoms with Crippen molar-refractivity contribution in [1.82, 2.24) is 19.7 Å². The van der Waals surface area contributed by atoms with Gasteiger partial charge in [0.1, 0.15) is 5.56 Å². The van der Waals surface area contributed by atoms with E-state index in [0.29, 0.717) is 31.0 Å². The molecule has 1 N–H and O–H groups in total. The summed E-state index contributed by atoms with van der Waals surface area (Å²) in [5.74, 6) is 0.0978. The summed E-state index contributed by atoms with van der Waals surface area (Å²) in [5, 5.41) is 13.9. The first-order valence-electron chi connectivity index (χ1n) is 7.16. The Kier molecular flexibility index (Phi) is 4.06.